The minimum Gasteiger partial charge on any atom is -0.224 e. The van der Waals surface area contributed by atoms with E-state index in [9.17, 15) is 0 Å². The van der Waals surface area contributed by atoms with Crippen molar-refractivity contribution in [3.63, 3.8) is 0 Å². The van der Waals surface area contributed by atoms with Crippen LogP contribution in [0, 0.1) is 22.7 Å². The second kappa shape index (κ2) is 3.61. The third-order valence-corrected chi connectivity index (χ3v) is 2.13. The lowest BCUT2D eigenvalue weighted by Crippen LogP contribution is -1.94. The molecule has 1 rings (SSSR count). The van der Waals surface area contributed by atoms with E-state index in [2.05, 4.69) is 41.8 Å². The van der Waals surface area contributed by atoms with Crippen LogP contribution >= 0.6 is 31.9 Å². The van der Waals surface area contributed by atoms with E-state index in [1.54, 1.807) is 0 Å². The lowest BCUT2D eigenvalue weighted by Gasteiger charge is -1.95. The van der Waals surface area contributed by atoms with Crippen LogP contribution < -0.4 is 0 Å². The topological polar surface area (TPSA) is 73.4 Å². The molecule has 0 radical (unpaired) electrons. The minimum atomic E-state index is 0.154. The summed E-state index contributed by atoms with van der Waals surface area (Å²) in [6.45, 7) is 0. The van der Waals surface area contributed by atoms with E-state index in [1.165, 1.54) is 0 Å². The SMILES string of the molecule is N#Cc1nc(Br)c(C#N)nc1Br. The average molecular weight is 288 g/mol. The Balaban J connectivity index is 3.41. The van der Waals surface area contributed by atoms with Gasteiger partial charge in [0.1, 0.15) is 21.3 Å². The highest BCUT2D eigenvalue weighted by Gasteiger charge is 2.08. The van der Waals surface area contributed by atoms with Crippen LogP contribution in [0.5, 0.6) is 0 Å². The van der Waals surface area contributed by atoms with Crippen molar-refractivity contribution < 1.29 is 0 Å². The third kappa shape index (κ3) is 1.60. The van der Waals surface area contributed by atoms with Crippen molar-refractivity contribution in [2.75, 3.05) is 0 Å². The van der Waals surface area contributed by atoms with E-state index in [1.807, 2.05) is 12.1 Å². The van der Waals surface area contributed by atoms with Crippen molar-refractivity contribution in [1.82, 2.24) is 9.97 Å². The van der Waals surface area contributed by atoms with Gasteiger partial charge in [0.2, 0.25) is 0 Å². The van der Waals surface area contributed by atoms with Gasteiger partial charge in [0.25, 0.3) is 0 Å². The summed E-state index contributed by atoms with van der Waals surface area (Å²) in [6.07, 6.45) is 0. The van der Waals surface area contributed by atoms with Gasteiger partial charge in [-0.2, -0.15) is 10.5 Å². The Kier molecular flexibility index (Phi) is 2.74. The largest absolute Gasteiger partial charge is 0.224 e. The van der Waals surface area contributed by atoms with Gasteiger partial charge in [0, 0.05) is 0 Å². The molecule has 0 unspecified atom stereocenters. The Labute approximate surface area is 85.1 Å². The molecule has 6 heteroatoms. The summed E-state index contributed by atoms with van der Waals surface area (Å²) in [7, 11) is 0. The summed E-state index contributed by atoms with van der Waals surface area (Å²) in [5.74, 6) is 0. The molecular weight excluding hydrogens is 288 g/mol. The van der Waals surface area contributed by atoms with Crippen molar-refractivity contribution in [1.29, 1.82) is 10.5 Å². The molecule has 1 aromatic heterocycles. The van der Waals surface area contributed by atoms with Crippen LogP contribution in [-0.4, -0.2) is 9.97 Å². The first-order chi connectivity index (χ1) is 5.69. The highest BCUT2D eigenvalue weighted by Crippen LogP contribution is 2.17. The van der Waals surface area contributed by atoms with Crippen LogP contribution in [0.4, 0.5) is 0 Å². The van der Waals surface area contributed by atoms with E-state index in [4.69, 9.17) is 10.5 Å². The molecule has 0 aromatic carbocycles. The predicted molar refractivity (Wildman–Crippen MR) is 46.9 cm³/mol. The van der Waals surface area contributed by atoms with Gasteiger partial charge < -0.3 is 0 Å². The first-order valence-corrected chi connectivity index (χ1v) is 4.31. The molecule has 1 aromatic rings. The zero-order valence-electron chi connectivity index (χ0n) is 5.54. The molecule has 0 spiro atoms. The molecule has 58 valence electrons. The number of hydrogen-bond acceptors (Lipinski definition) is 4. The lowest BCUT2D eigenvalue weighted by atomic mass is 10.4. The molecule has 0 aliphatic heterocycles. The number of rotatable bonds is 0. The Morgan fingerprint density at radius 2 is 1.25 bits per heavy atom. The minimum absolute atomic E-state index is 0.154. The van der Waals surface area contributed by atoms with Crippen LogP contribution in [0.3, 0.4) is 0 Å². The Morgan fingerprint density at radius 3 is 1.50 bits per heavy atom. The molecular formula is C6Br2N4. The number of nitriles is 2. The maximum Gasteiger partial charge on any atom is 0.174 e. The van der Waals surface area contributed by atoms with Gasteiger partial charge in [-0.15, -0.1) is 0 Å². The first-order valence-electron chi connectivity index (χ1n) is 2.72. The summed E-state index contributed by atoms with van der Waals surface area (Å²) in [4.78, 5) is 7.57. The van der Waals surface area contributed by atoms with Crippen molar-refractivity contribution in [2.45, 2.75) is 0 Å². The normalized spacial score (nSPS) is 8.67. The number of nitrogens with zero attached hydrogens (tertiary/aromatic N) is 4. The fraction of sp³-hybridized carbons (Fsp3) is 0. The molecule has 0 bridgehead atoms. The Hall–Kier alpha value is -0.980. The monoisotopic (exact) mass is 286 g/mol. The van der Waals surface area contributed by atoms with Crippen molar-refractivity contribution in [3.05, 3.63) is 20.6 Å². The van der Waals surface area contributed by atoms with Gasteiger partial charge in [-0.05, 0) is 31.9 Å². The van der Waals surface area contributed by atoms with Crippen molar-refractivity contribution >= 4 is 31.9 Å². The maximum atomic E-state index is 8.52. The van der Waals surface area contributed by atoms with E-state index in [-0.39, 0.29) is 20.6 Å². The van der Waals surface area contributed by atoms with Gasteiger partial charge in [-0.1, -0.05) is 0 Å². The Bertz CT molecular complexity index is 361. The molecule has 0 atom stereocenters. The van der Waals surface area contributed by atoms with E-state index >= 15 is 0 Å². The van der Waals surface area contributed by atoms with Gasteiger partial charge >= 0.3 is 0 Å². The molecule has 0 aliphatic carbocycles. The van der Waals surface area contributed by atoms with Gasteiger partial charge in [0.05, 0.1) is 0 Å². The van der Waals surface area contributed by atoms with Gasteiger partial charge in [-0.3, -0.25) is 0 Å². The van der Waals surface area contributed by atoms with Crippen LogP contribution in [-0.2, 0) is 0 Å². The van der Waals surface area contributed by atoms with E-state index in [0.29, 0.717) is 0 Å². The molecule has 12 heavy (non-hydrogen) atoms. The average Bonchev–Trinajstić information content (AvgIpc) is 2.08. The third-order valence-electron chi connectivity index (χ3n) is 1.02. The van der Waals surface area contributed by atoms with Crippen LogP contribution in [0.1, 0.15) is 11.4 Å². The summed E-state index contributed by atoms with van der Waals surface area (Å²) in [5, 5.41) is 17.0. The quantitative estimate of drug-likeness (QED) is 0.728. The standard InChI is InChI=1S/C6Br2N4/c7-5-3(1-9)11-6(8)4(2-10)12-5. The predicted octanol–water partition coefficient (Wildman–Crippen LogP) is 1.74. The maximum absolute atomic E-state index is 8.52. The molecule has 0 saturated carbocycles. The lowest BCUT2D eigenvalue weighted by molar-refractivity contribution is 1.07. The van der Waals surface area contributed by atoms with Crippen LogP contribution in [0.2, 0.25) is 0 Å². The highest BCUT2D eigenvalue weighted by molar-refractivity contribution is 9.10. The molecule has 0 saturated heterocycles. The van der Waals surface area contributed by atoms with Gasteiger partial charge in [0.15, 0.2) is 11.4 Å². The van der Waals surface area contributed by atoms with Crippen LogP contribution in [0.15, 0.2) is 9.21 Å². The highest BCUT2D eigenvalue weighted by atomic mass is 79.9. The molecule has 1 heterocycles. The first kappa shape index (κ1) is 9.11. The smallest absolute Gasteiger partial charge is 0.174 e. The summed E-state index contributed by atoms with van der Waals surface area (Å²) >= 11 is 6.03. The second-order valence-electron chi connectivity index (χ2n) is 1.73. The summed E-state index contributed by atoms with van der Waals surface area (Å²) in [6, 6.07) is 3.65. The number of hydrogen-bond donors (Lipinski definition) is 0. The summed E-state index contributed by atoms with van der Waals surface area (Å²) in [5.41, 5.74) is 0.307. The zero-order valence-corrected chi connectivity index (χ0v) is 8.72. The number of halogens is 2. The summed E-state index contributed by atoms with van der Waals surface area (Å²) < 4.78 is 0.564. The van der Waals surface area contributed by atoms with Crippen molar-refractivity contribution in [3.8, 4) is 12.1 Å². The zero-order chi connectivity index (χ0) is 9.14. The van der Waals surface area contributed by atoms with E-state index < -0.39 is 0 Å². The fourth-order valence-electron chi connectivity index (χ4n) is 0.537. The van der Waals surface area contributed by atoms with E-state index in [0.717, 1.165) is 0 Å². The Morgan fingerprint density at radius 1 is 0.917 bits per heavy atom. The second-order valence-corrected chi connectivity index (χ2v) is 3.23. The molecule has 0 fully saturated rings. The van der Waals surface area contributed by atoms with Crippen molar-refractivity contribution in [2.24, 2.45) is 0 Å². The van der Waals surface area contributed by atoms with Gasteiger partial charge in [-0.25, -0.2) is 9.97 Å². The molecule has 0 amide bonds. The molecule has 4 nitrogen and oxygen atoms in total. The van der Waals surface area contributed by atoms with Crippen LogP contribution in [0.25, 0.3) is 0 Å². The fourth-order valence-corrected chi connectivity index (χ4v) is 1.25. The molecule has 0 N–H and O–H groups in total. The number of aromatic nitrogens is 2. The molecule has 0 aliphatic rings.